The Morgan fingerprint density at radius 3 is 2.68 bits per heavy atom. The number of nitrogens with zero attached hydrogens (tertiary/aromatic N) is 3. The number of aromatic nitrogens is 1. The molecule has 3 aromatic rings. The number of amides is 1. The van der Waals surface area contributed by atoms with Crippen molar-refractivity contribution in [3.63, 3.8) is 0 Å². The van der Waals surface area contributed by atoms with Crippen LogP contribution >= 0.6 is 11.6 Å². The van der Waals surface area contributed by atoms with E-state index in [-0.39, 0.29) is 39.8 Å². The van der Waals surface area contributed by atoms with Crippen LogP contribution in [0.25, 0.3) is 11.3 Å². The molecule has 9 heteroatoms. The summed E-state index contributed by atoms with van der Waals surface area (Å²) in [5.41, 5.74) is 0.265. The zero-order valence-electron chi connectivity index (χ0n) is 15.0. The van der Waals surface area contributed by atoms with Crippen molar-refractivity contribution in [3.05, 3.63) is 80.3 Å². The van der Waals surface area contributed by atoms with Crippen LogP contribution in [0.5, 0.6) is 0 Å². The number of nitro groups is 1. The Morgan fingerprint density at radius 2 is 2.00 bits per heavy atom. The molecule has 0 aliphatic rings. The maximum atomic E-state index is 14.3. The van der Waals surface area contributed by atoms with Gasteiger partial charge >= 0.3 is 0 Å². The number of hydrogen-bond donors (Lipinski definition) is 0. The number of halogens is 2. The van der Waals surface area contributed by atoms with Crippen LogP contribution in [0.15, 0.2) is 47.0 Å². The minimum absolute atomic E-state index is 0.0139. The van der Waals surface area contributed by atoms with Gasteiger partial charge in [0.05, 0.1) is 22.1 Å². The van der Waals surface area contributed by atoms with E-state index < -0.39 is 16.6 Å². The van der Waals surface area contributed by atoms with Crippen molar-refractivity contribution in [1.29, 1.82) is 0 Å². The first-order chi connectivity index (χ1) is 13.3. The van der Waals surface area contributed by atoms with Crippen molar-refractivity contribution in [2.24, 2.45) is 0 Å². The molecule has 0 aliphatic carbocycles. The molecule has 1 aromatic heterocycles. The number of carbonyl (C=O) groups is 1. The number of para-hydroxylation sites is 1. The van der Waals surface area contributed by atoms with Crippen LogP contribution in [0.4, 0.5) is 10.1 Å². The summed E-state index contributed by atoms with van der Waals surface area (Å²) >= 11 is 6.09. The first kappa shape index (κ1) is 19.5. The third-order valence-corrected chi connectivity index (χ3v) is 4.53. The van der Waals surface area contributed by atoms with E-state index in [0.29, 0.717) is 5.56 Å². The average Bonchev–Trinajstić information content (AvgIpc) is 3.02. The van der Waals surface area contributed by atoms with Gasteiger partial charge in [-0.1, -0.05) is 41.0 Å². The second-order valence-corrected chi connectivity index (χ2v) is 6.51. The van der Waals surface area contributed by atoms with Gasteiger partial charge in [-0.25, -0.2) is 4.39 Å². The van der Waals surface area contributed by atoms with Crippen LogP contribution in [-0.2, 0) is 6.54 Å². The molecule has 0 saturated heterocycles. The van der Waals surface area contributed by atoms with E-state index in [1.54, 1.807) is 18.2 Å². The topological polar surface area (TPSA) is 89.5 Å². The van der Waals surface area contributed by atoms with Crippen molar-refractivity contribution in [2.45, 2.75) is 13.5 Å². The number of aryl methyl sites for hydroxylation is 1. The van der Waals surface area contributed by atoms with Crippen LogP contribution < -0.4 is 0 Å². The fraction of sp³-hybridized carbons (Fsp3) is 0.158. The van der Waals surface area contributed by atoms with Gasteiger partial charge < -0.3 is 9.42 Å². The Kier molecular flexibility index (Phi) is 5.41. The number of carbonyl (C=O) groups excluding carboxylic acids is 1. The zero-order chi connectivity index (χ0) is 20.4. The summed E-state index contributed by atoms with van der Waals surface area (Å²) in [6.45, 7) is 1.50. The molecule has 1 amide bonds. The lowest BCUT2D eigenvalue weighted by atomic mass is 10.0. The summed E-state index contributed by atoms with van der Waals surface area (Å²) in [5.74, 6) is -0.976. The maximum Gasteiger partial charge on any atom is 0.274 e. The van der Waals surface area contributed by atoms with Gasteiger partial charge in [0.25, 0.3) is 11.6 Å². The lowest BCUT2D eigenvalue weighted by Crippen LogP contribution is -2.27. The van der Waals surface area contributed by atoms with Crippen molar-refractivity contribution in [2.75, 3.05) is 7.05 Å². The van der Waals surface area contributed by atoms with Gasteiger partial charge in [-0.2, -0.15) is 0 Å². The van der Waals surface area contributed by atoms with Gasteiger partial charge in [0, 0.05) is 18.7 Å². The number of benzene rings is 2. The molecule has 0 radical (unpaired) electrons. The smallest absolute Gasteiger partial charge is 0.274 e. The number of rotatable bonds is 5. The molecular weight excluding hydrogens is 389 g/mol. The Hall–Kier alpha value is -3.26. The first-order valence-corrected chi connectivity index (χ1v) is 8.57. The van der Waals surface area contributed by atoms with Gasteiger partial charge in [-0.05, 0) is 19.1 Å². The second-order valence-electron chi connectivity index (χ2n) is 6.11. The second kappa shape index (κ2) is 7.77. The van der Waals surface area contributed by atoms with Crippen molar-refractivity contribution in [1.82, 2.24) is 10.1 Å². The van der Waals surface area contributed by atoms with Gasteiger partial charge in [0.15, 0.2) is 0 Å². The molecule has 144 valence electrons. The highest BCUT2D eigenvalue weighted by atomic mass is 35.5. The molecule has 28 heavy (non-hydrogen) atoms. The Labute approximate surface area is 164 Å². The van der Waals surface area contributed by atoms with Gasteiger partial charge in [-0.3, -0.25) is 14.9 Å². The summed E-state index contributed by atoms with van der Waals surface area (Å²) in [7, 11) is 1.48. The van der Waals surface area contributed by atoms with E-state index in [9.17, 15) is 19.3 Å². The minimum Gasteiger partial charge on any atom is -0.360 e. The quantitative estimate of drug-likeness (QED) is 0.458. The molecule has 3 rings (SSSR count). The van der Waals surface area contributed by atoms with Crippen LogP contribution in [0, 0.1) is 22.9 Å². The van der Waals surface area contributed by atoms with E-state index in [2.05, 4.69) is 5.16 Å². The van der Waals surface area contributed by atoms with E-state index in [1.165, 1.54) is 43.1 Å². The SMILES string of the molecule is Cc1onc(-c2c(F)cccc2Cl)c1C(=O)N(C)Cc1ccccc1[N+](=O)[O-]. The third kappa shape index (κ3) is 3.59. The zero-order valence-corrected chi connectivity index (χ0v) is 15.7. The fourth-order valence-corrected chi connectivity index (χ4v) is 3.11. The molecule has 0 atom stereocenters. The van der Waals surface area contributed by atoms with Crippen molar-refractivity contribution < 1.29 is 18.6 Å². The highest BCUT2D eigenvalue weighted by molar-refractivity contribution is 6.33. The maximum absolute atomic E-state index is 14.3. The summed E-state index contributed by atoms with van der Waals surface area (Å²) in [5, 5.41) is 15.1. The van der Waals surface area contributed by atoms with Crippen LogP contribution in [0.3, 0.4) is 0 Å². The van der Waals surface area contributed by atoms with Crippen LogP contribution in [-0.4, -0.2) is 27.9 Å². The largest absolute Gasteiger partial charge is 0.360 e. The lowest BCUT2D eigenvalue weighted by molar-refractivity contribution is -0.385. The normalized spacial score (nSPS) is 10.7. The van der Waals surface area contributed by atoms with Gasteiger partial charge in [-0.15, -0.1) is 0 Å². The molecule has 7 nitrogen and oxygen atoms in total. The highest BCUT2D eigenvalue weighted by Crippen LogP contribution is 2.34. The summed E-state index contributed by atoms with van der Waals surface area (Å²) in [4.78, 5) is 25.0. The average molecular weight is 404 g/mol. The summed E-state index contributed by atoms with van der Waals surface area (Å²) in [6, 6.07) is 10.3. The minimum atomic E-state index is -0.642. The number of nitro benzene ring substituents is 1. The molecule has 0 saturated carbocycles. The standard InChI is InChI=1S/C19H15ClFN3O4/c1-11-16(18(22-28-11)17-13(20)7-5-8-14(17)21)19(25)23(2)10-12-6-3-4-9-15(12)24(26)27/h3-9H,10H2,1-2H3. The molecule has 0 aliphatic heterocycles. The molecular formula is C19H15ClFN3O4. The van der Waals surface area contributed by atoms with Crippen molar-refractivity contribution in [3.8, 4) is 11.3 Å². The Balaban J connectivity index is 1.98. The van der Waals surface area contributed by atoms with E-state index in [4.69, 9.17) is 16.1 Å². The molecule has 2 aromatic carbocycles. The fourth-order valence-electron chi connectivity index (χ4n) is 2.86. The predicted octanol–water partition coefficient (Wildman–Crippen LogP) is 4.62. The van der Waals surface area contributed by atoms with Crippen LogP contribution in [0.2, 0.25) is 5.02 Å². The predicted molar refractivity (Wildman–Crippen MR) is 101 cm³/mol. The van der Waals surface area contributed by atoms with Crippen molar-refractivity contribution >= 4 is 23.2 Å². The summed E-state index contributed by atoms with van der Waals surface area (Å²) in [6.07, 6.45) is 0. The van der Waals surface area contributed by atoms with Gasteiger partial charge in [0.2, 0.25) is 0 Å². The molecule has 1 heterocycles. The molecule has 0 unspecified atom stereocenters. The van der Waals surface area contributed by atoms with E-state index >= 15 is 0 Å². The van der Waals surface area contributed by atoms with E-state index in [0.717, 1.165) is 0 Å². The van der Waals surface area contributed by atoms with Crippen LogP contribution in [0.1, 0.15) is 21.7 Å². The third-order valence-electron chi connectivity index (χ3n) is 4.22. The summed E-state index contributed by atoms with van der Waals surface area (Å²) < 4.78 is 19.4. The van der Waals surface area contributed by atoms with Gasteiger partial charge in [0.1, 0.15) is 22.8 Å². The first-order valence-electron chi connectivity index (χ1n) is 8.19. The number of hydrogen-bond acceptors (Lipinski definition) is 5. The molecule has 0 spiro atoms. The molecule has 0 N–H and O–H groups in total. The van der Waals surface area contributed by atoms with E-state index in [1.807, 2.05) is 0 Å². The Morgan fingerprint density at radius 1 is 1.29 bits per heavy atom. The Bertz CT molecular complexity index is 1050. The lowest BCUT2D eigenvalue weighted by Gasteiger charge is -2.17. The molecule has 0 bridgehead atoms. The monoisotopic (exact) mass is 403 g/mol. The molecule has 0 fully saturated rings. The highest BCUT2D eigenvalue weighted by Gasteiger charge is 2.28.